The zero-order valence-electron chi connectivity index (χ0n) is 12.0. The van der Waals surface area contributed by atoms with Crippen LogP contribution in [0.1, 0.15) is 16.9 Å². The van der Waals surface area contributed by atoms with Gasteiger partial charge in [0.1, 0.15) is 10.7 Å². The lowest BCUT2D eigenvalue weighted by Gasteiger charge is -2.14. The van der Waals surface area contributed by atoms with Gasteiger partial charge in [-0.25, -0.2) is 4.98 Å². The number of halogens is 3. The van der Waals surface area contributed by atoms with Crippen molar-refractivity contribution in [2.24, 2.45) is 0 Å². The van der Waals surface area contributed by atoms with Gasteiger partial charge in [-0.2, -0.15) is 0 Å². The van der Waals surface area contributed by atoms with E-state index in [1.54, 1.807) is 11.3 Å². The van der Waals surface area contributed by atoms with E-state index in [0.717, 1.165) is 33.9 Å². The second-order valence-corrected chi connectivity index (χ2v) is 7.35. The Kier molecular flexibility index (Phi) is 8.74. The molecule has 9 heteroatoms. The van der Waals surface area contributed by atoms with Crippen molar-refractivity contribution in [1.29, 1.82) is 0 Å². The van der Waals surface area contributed by atoms with Crippen LogP contribution in [0.4, 0.5) is 0 Å². The average molecular weight is 457 g/mol. The lowest BCUT2D eigenvalue weighted by molar-refractivity contribution is 0.0952. The van der Waals surface area contributed by atoms with E-state index in [2.05, 4.69) is 37.6 Å². The molecule has 1 aliphatic heterocycles. The molecule has 23 heavy (non-hydrogen) atoms. The van der Waals surface area contributed by atoms with E-state index >= 15 is 0 Å². The largest absolute Gasteiger partial charge is 0.347 e. The van der Waals surface area contributed by atoms with Crippen LogP contribution in [-0.4, -0.2) is 30.5 Å². The summed E-state index contributed by atoms with van der Waals surface area (Å²) in [6, 6.07) is 2.02. The smallest absolute Gasteiger partial charge is 0.271 e. The van der Waals surface area contributed by atoms with Crippen molar-refractivity contribution in [2.45, 2.75) is 6.42 Å². The number of rotatable bonds is 4. The van der Waals surface area contributed by atoms with Crippen molar-refractivity contribution >= 4 is 69.3 Å². The predicted molar refractivity (Wildman–Crippen MR) is 106 cm³/mol. The van der Waals surface area contributed by atoms with E-state index in [0.29, 0.717) is 12.2 Å². The molecule has 2 N–H and O–H groups in total. The van der Waals surface area contributed by atoms with Crippen LogP contribution in [0.3, 0.4) is 0 Å². The van der Waals surface area contributed by atoms with E-state index in [4.69, 9.17) is 0 Å². The Bertz CT molecular complexity index is 687. The van der Waals surface area contributed by atoms with E-state index < -0.39 is 0 Å². The van der Waals surface area contributed by atoms with Crippen LogP contribution in [0.5, 0.6) is 0 Å². The molecule has 0 fully saturated rings. The molecule has 1 aliphatic rings. The molecule has 0 radical (unpaired) electrons. The number of thiazole rings is 1. The molecule has 0 saturated heterocycles. The fraction of sp³-hybridized carbons (Fsp3) is 0.286. The van der Waals surface area contributed by atoms with Gasteiger partial charge in [-0.3, -0.25) is 4.79 Å². The Morgan fingerprint density at radius 1 is 1.35 bits per heavy atom. The Morgan fingerprint density at radius 3 is 2.83 bits per heavy atom. The van der Waals surface area contributed by atoms with Crippen molar-refractivity contribution in [3.8, 4) is 9.88 Å². The maximum Gasteiger partial charge on any atom is 0.271 e. The minimum Gasteiger partial charge on any atom is -0.347 e. The van der Waals surface area contributed by atoms with Crippen LogP contribution in [-0.2, 0) is 0 Å². The Hall–Kier alpha value is -0.440. The zero-order valence-corrected chi connectivity index (χ0v) is 16.9. The number of amides is 1. The molecule has 0 atom stereocenters. The van der Waals surface area contributed by atoms with Crippen molar-refractivity contribution in [3.05, 3.63) is 38.6 Å². The molecule has 3 rings (SSSR count). The SMILES string of the molecule is Cl.Cl.O=C(NCC1=CCNCC1)c1csc(-c2cc(Br)cs2)n1. The van der Waals surface area contributed by atoms with E-state index in [9.17, 15) is 4.79 Å². The molecule has 0 bridgehead atoms. The highest BCUT2D eigenvalue weighted by Crippen LogP contribution is 2.31. The average Bonchev–Trinajstić information content (AvgIpc) is 3.14. The first-order valence-corrected chi connectivity index (χ1v) is 9.14. The first-order chi connectivity index (χ1) is 10.2. The maximum absolute atomic E-state index is 12.1. The number of nitrogens with zero attached hydrogens (tertiary/aromatic N) is 1. The van der Waals surface area contributed by atoms with Gasteiger partial charge in [0.2, 0.25) is 0 Å². The van der Waals surface area contributed by atoms with Crippen LogP contribution >= 0.6 is 63.4 Å². The normalized spacial score (nSPS) is 13.5. The molecule has 2 aromatic rings. The van der Waals surface area contributed by atoms with Gasteiger partial charge in [-0.1, -0.05) is 11.6 Å². The van der Waals surface area contributed by atoms with Gasteiger partial charge in [0.15, 0.2) is 0 Å². The summed E-state index contributed by atoms with van der Waals surface area (Å²) in [7, 11) is 0. The monoisotopic (exact) mass is 455 g/mol. The molecule has 0 aliphatic carbocycles. The Balaban J connectivity index is 0.00000132. The zero-order chi connectivity index (χ0) is 14.7. The summed E-state index contributed by atoms with van der Waals surface area (Å²) in [5.74, 6) is -0.104. The van der Waals surface area contributed by atoms with Gasteiger partial charge < -0.3 is 10.6 Å². The van der Waals surface area contributed by atoms with Crippen LogP contribution in [0.2, 0.25) is 0 Å². The number of carbonyl (C=O) groups excluding carboxylic acids is 1. The van der Waals surface area contributed by atoms with E-state index in [-0.39, 0.29) is 30.7 Å². The summed E-state index contributed by atoms with van der Waals surface area (Å²) in [4.78, 5) is 17.6. The summed E-state index contributed by atoms with van der Waals surface area (Å²) in [5.41, 5.74) is 1.77. The second-order valence-electron chi connectivity index (χ2n) is 4.67. The quantitative estimate of drug-likeness (QED) is 0.680. The molecule has 0 unspecified atom stereocenters. The van der Waals surface area contributed by atoms with Crippen molar-refractivity contribution in [1.82, 2.24) is 15.6 Å². The van der Waals surface area contributed by atoms with Crippen LogP contribution in [0, 0.1) is 0 Å². The summed E-state index contributed by atoms with van der Waals surface area (Å²) < 4.78 is 1.04. The molecule has 0 saturated carbocycles. The number of hydrogen-bond acceptors (Lipinski definition) is 5. The predicted octanol–water partition coefficient (Wildman–Crippen LogP) is 4.13. The summed E-state index contributed by atoms with van der Waals surface area (Å²) in [6.45, 7) is 2.48. The van der Waals surface area contributed by atoms with Crippen molar-refractivity contribution in [3.63, 3.8) is 0 Å². The molecule has 0 aromatic carbocycles. The molecule has 0 spiro atoms. The highest BCUT2D eigenvalue weighted by Gasteiger charge is 2.13. The van der Waals surface area contributed by atoms with Gasteiger partial charge in [0.05, 0.1) is 4.88 Å². The number of thiophene rings is 1. The standard InChI is InChI=1S/C14H14BrN3OS2.2ClH/c15-10-5-12(20-7-10)14-18-11(8-21-14)13(19)17-6-9-1-3-16-4-2-9;;/h1,5,7-8,16H,2-4,6H2,(H,17,19);2*1H. The summed E-state index contributed by atoms with van der Waals surface area (Å²) in [5, 5.41) is 10.9. The molecular weight excluding hydrogens is 441 g/mol. The maximum atomic E-state index is 12.1. The van der Waals surface area contributed by atoms with E-state index in [1.807, 2.05) is 16.8 Å². The van der Waals surface area contributed by atoms with Gasteiger partial charge >= 0.3 is 0 Å². The van der Waals surface area contributed by atoms with Crippen LogP contribution in [0.15, 0.2) is 32.9 Å². The lowest BCUT2D eigenvalue weighted by Crippen LogP contribution is -2.29. The first-order valence-electron chi connectivity index (χ1n) is 6.59. The summed E-state index contributed by atoms with van der Waals surface area (Å²) >= 11 is 6.55. The minimum absolute atomic E-state index is 0. The van der Waals surface area contributed by atoms with Crippen LogP contribution < -0.4 is 10.6 Å². The topological polar surface area (TPSA) is 54.0 Å². The third kappa shape index (κ3) is 5.55. The lowest BCUT2D eigenvalue weighted by atomic mass is 10.1. The van der Waals surface area contributed by atoms with Gasteiger partial charge in [0, 0.05) is 28.3 Å². The Labute approximate surface area is 163 Å². The number of carbonyl (C=O) groups is 1. The molecular formula is C14H16BrCl2N3OS2. The second kappa shape index (κ2) is 9.76. The molecule has 126 valence electrons. The van der Waals surface area contributed by atoms with Gasteiger partial charge in [-0.15, -0.1) is 47.5 Å². The molecule has 4 nitrogen and oxygen atoms in total. The highest BCUT2D eigenvalue weighted by atomic mass is 79.9. The van der Waals surface area contributed by atoms with E-state index in [1.165, 1.54) is 16.9 Å². The third-order valence-electron chi connectivity index (χ3n) is 3.15. The number of hydrogen-bond donors (Lipinski definition) is 2. The fourth-order valence-corrected chi connectivity index (χ4v) is 4.34. The number of aromatic nitrogens is 1. The first kappa shape index (κ1) is 20.6. The molecule has 1 amide bonds. The highest BCUT2D eigenvalue weighted by molar-refractivity contribution is 9.10. The van der Waals surface area contributed by atoms with Crippen molar-refractivity contribution in [2.75, 3.05) is 19.6 Å². The molecule has 2 aromatic heterocycles. The van der Waals surface area contributed by atoms with Crippen molar-refractivity contribution < 1.29 is 4.79 Å². The van der Waals surface area contributed by atoms with Gasteiger partial charge in [-0.05, 0) is 35.0 Å². The molecule has 3 heterocycles. The third-order valence-corrected chi connectivity index (χ3v) is 5.85. The van der Waals surface area contributed by atoms with Crippen LogP contribution in [0.25, 0.3) is 9.88 Å². The number of nitrogens with one attached hydrogen (secondary N) is 2. The Morgan fingerprint density at radius 2 is 2.17 bits per heavy atom. The minimum atomic E-state index is -0.104. The summed E-state index contributed by atoms with van der Waals surface area (Å²) in [6.07, 6.45) is 3.13. The van der Waals surface area contributed by atoms with Gasteiger partial charge in [0.25, 0.3) is 5.91 Å². The fourth-order valence-electron chi connectivity index (χ4n) is 2.03.